The first-order valence-electron chi connectivity index (χ1n) is 9.02. The van der Waals surface area contributed by atoms with E-state index in [0.29, 0.717) is 12.8 Å². The van der Waals surface area contributed by atoms with Crippen LogP contribution in [0.15, 0.2) is 22.8 Å². The van der Waals surface area contributed by atoms with Gasteiger partial charge >= 0.3 is 11.9 Å². The molecule has 5 atom stereocenters. The van der Waals surface area contributed by atoms with Crippen molar-refractivity contribution in [3.63, 3.8) is 0 Å². The van der Waals surface area contributed by atoms with Crippen molar-refractivity contribution >= 4 is 17.7 Å². The first-order chi connectivity index (χ1) is 11.7. The van der Waals surface area contributed by atoms with Crippen molar-refractivity contribution in [2.24, 2.45) is 23.7 Å². The summed E-state index contributed by atoms with van der Waals surface area (Å²) in [6.07, 6.45) is 1.59. The minimum Gasteiger partial charge on any atom is -0.462 e. The summed E-state index contributed by atoms with van der Waals surface area (Å²) in [5.74, 6) is -1.12. The van der Waals surface area contributed by atoms with Gasteiger partial charge in [0.1, 0.15) is 12.2 Å². The Balaban J connectivity index is 1.97. The second-order valence-corrected chi connectivity index (χ2v) is 8.02. The van der Waals surface area contributed by atoms with Gasteiger partial charge in [0.25, 0.3) is 0 Å². The molecule has 0 aromatic rings. The van der Waals surface area contributed by atoms with E-state index in [1.165, 1.54) is 0 Å². The highest BCUT2D eigenvalue weighted by molar-refractivity contribution is 6.09. The predicted molar refractivity (Wildman–Crippen MR) is 91.4 cm³/mol. The highest BCUT2D eigenvalue weighted by Crippen LogP contribution is 2.48. The molecule has 0 radical (unpaired) electrons. The standard InChI is InChI=1S/C20H26O5/c1-9(2)6-15(22)24-14-8-11(4)16-13(21)7-10(3)17(16)19-18(14)12(5)20(23)25-19/h7,9,12,14,17-19H,6,8H2,1-5H3/t12-,14-,17-,18+,19+/m0/s1. The van der Waals surface area contributed by atoms with Crippen LogP contribution in [0.4, 0.5) is 0 Å². The molecule has 2 aliphatic carbocycles. The fraction of sp³-hybridized carbons (Fsp3) is 0.650. The first kappa shape index (κ1) is 17.9. The molecule has 3 aliphatic rings. The molecule has 1 fully saturated rings. The van der Waals surface area contributed by atoms with Crippen molar-refractivity contribution in [3.8, 4) is 0 Å². The average Bonchev–Trinajstić information content (AvgIpc) is 2.89. The zero-order valence-electron chi connectivity index (χ0n) is 15.5. The van der Waals surface area contributed by atoms with Gasteiger partial charge in [0.05, 0.1) is 5.92 Å². The molecule has 5 heteroatoms. The number of carbonyl (C=O) groups is 3. The summed E-state index contributed by atoms with van der Waals surface area (Å²) >= 11 is 0. The van der Waals surface area contributed by atoms with Gasteiger partial charge in [-0.05, 0) is 25.8 Å². The summed E-state index contributed by atoms with van der Waals surface area (Å²) in [4.78, 5) is 36.9. The molecular formula is C20H26O5. The maximum atomic E-state index is 12.4. The van der Waals surface area contributed by atoms with E-state index < -0.39 is 12.2 Å². The Bertz CT molecular complexity index is 684. The highest BCUT2D eigenvalue weighted by atomic mass is 16.6. The molecule has 0 bridgehead atoms. The summed E-state index contributed by atoms with van der Waals surface area (Å²) in [5.41, 5.74) is 2.57. The van der Waals surface area contributed by atoms with Gasteiger partial charge < -0.3 is 9.47 Å². The van der Waals surface area contributed by atoms with E-state index in [9.17, 15) is 14.4 Å². The lowest BCUT2D eigenvalue weighted by Gasteiger charge is -2.29. The fourth-order valence-corrected chi connectivity index (χ4v) is 4.46. The Morgan fingerprint density at radius 2 is 2.00 bits per heavy atom. The molecule has 1 saturated heterocycles. The van der Waals surface area contributed by atoms with Crippen LogP contribution in [0.1, 0.15) is 47.5 Å². The molecule has 3 rings (SSSR count). The normalized spacial score (nSPS) is 34.5. The predicted octanol–water partition coefficient (Wildman–Crippen LogP) is 2.99. The summed E-state index contributed by atoms with van der Waals surface area (Å²) in [6.45, 7) is 9.58. The van der Waals surface area contributed by atoms with Crippen LogP contribution < -0.4 is 0 Å². The summed E-state index contributed by atoms with van der Waals surface area (Å²) in [6, 6.07) is 0. The third-order valence-corrected chi connectivity index (χ3v) is 5.59. The summed E-state index contributed by atoms with van der Waals surface area (Å²) < 4.78 is 11.5. The second kappa shape index (κ2) is 6.43. The molecule has 1 aliphatic heterocycles. The summed E-state index contributed by atoms with van der Waals surface area (Å²) in [7, 11) is 0. The molecule has 136 valence electrons. The Hall–Kier alpha value is -1.91. The van der Waals surface area contributed by atoms with Crippen LogP contribution in [0.25, 0.3) is 0 Å². The Labute approximate surface area is 148 Å². The van der Waals surface area contributed by atoms with Crippen LogP contribution in [0.2, 0.25) is 0 Å². The van der Waals surface area contributed by atoms with Gasteiger partial charge in [-0.2, -0.15) is 0 Å². The van der Waals surface area contributed by atoms with Gasteiger partial charge in [0, 0.05) is 30.3 Å². The first-order valence-corrected chi connectivity index (χ1v) is 9.02. The zero-order valence-corrected chi connectivity index (χ0v) is 15.5. The number of hydrogen-bond donors (Lipinski definition) is 0. The number of rotatable bonds is 3. The number of hydrogen-bond acceptors (Lipinski definition) is 5. The molecule has 0 saturated carbocycles. The van der Waals surface area contributed by atoms with Crippen LogP contribution in [-0.4, -0.2) is 29.9 Å². The number of fused-ring (bicyclic) bond motifs is 3. The monoisotopic (exact) mass is 346 g/mol. The maximum Gasteiger partial charge on any atom is 0.309 e. The molecule has 0 spiro atoms. The van der Waals surface area contributed by atoms with E-state index in [4.69, 9.17) is 9.47 Å². The highest BCUT2D eigenvalue weighted by Gasteiger charge is 2.55. The number of ether oxygens (including phenoxy) is 2. The Morgan fingerprint density at radius 1 is 1.32 bits per heavy atom. The van der Waals surface area contributed by atoms with Crippen molar-refractivity contribution in [3.05, 3.63) is 22.8 Å². The lowest BCUT2D eigenvalue weighted by Crippen LogP contribution is -2.38. The lowest BCUT2D eigenvalue weighted by atomic mass is 9.79. The smallest absolute Gasteiger partial charge is 0.309 e. The van der Waals surface area contributed by atoms with Gasteiger partial charge in [-0.3, -0.25) is 14.4 Å². The van der Waals surface area contributed by atoms with E-state index in [1.807, 2.05) is 34.6 Å². The number of carbonyl (C=O) groups excluding carboxylic acids is 3. The van der Waals surface area contributed by atoms with Crippen LogP contribution in [0.3, 0.4) is 0 Å². The molecule has 5 nitrogen and oxygen atoms in total. The maximum absolute atomic E-state index is 12.4. The van der Waals surface area contributed by atoms with Gasteiger partial charge in [-0.25, -0.2) is 0 Å². The topological polar surface area (TPSA) is 69.7 Å². The minimum atomic E-state index is -0.436. The largest absolute Gasteiger partial charge is 0.462 e. The Morgan fingerprint density at radius 3 is 2.64 bits per heavy atom. The van der Waals surface area contributed by atoms with E-state index in [2.05, 4.69) is 0 Å². The molecule has 0 aromatic heterocycles. The van der Waals surface area contributed by atoms with Crippen LogP contribution in [0, 0.1) is 23.7 Å². The van der Waals surface area contributed by atoms with Crippen molar-refractivity contribution < 1.29 is 23.9 Å². The van der Waals surface area contributed by atoms with E-state index in [0.717, 1.165) is 16.7 Å². The van der Waals surface area contributed by atoms with E-state index in [-0.39, 0.29) is 41.4 Å². The van der Waals surface area contributed by atoms with Gasteiger partial charge in [-0.15, -0.1) is 0 Å². The number of allylic oxidation sites excluding steroid dienone is 1. The van der Waals surface area contributed by atoms with Crippen molar-refractivity contribution in [1.82, 2.24) is 0 Å². The van der Waals surface area contributed by atoms with Crippen molar-refractivity contribution in [2.45, 2.75) is 59.7 Å². The number of esters is 2. The minimum absolute atomic E-state index is 0.0106. The Kier molecular flexibility index (Phi) is 4.60. The molecule has 0 N–H and O–H groups in total. The molecular weight excluding hydrogens is 320 g/mol. The molecule has 25 heavy (non-hydrogen) atoms. The average molecular weight is 346 g/mol. The zero-order chi connectivity index (χ0) is 18.5. The third kappa shape index (κ3) is 3.05. The van der Waals surface area contributed by atoms with Crippen LogP contribution >= 0.6 is 0 Å². The number of ketones is 1. The van der Waals surface area contributed by atoms with Crippen LogP contribution in [0.5, 0.6) is 0 Å². The van der Waals surface area contributed by atoms with Gasteiger partial charge in [0.15, 0.2) is 5.78 Å². The van der Waals surface area contributed by atoms with E-state index >= 15 is 0 Å². The molecule has 0 aromatic carbocycles. The van der Waals surface area contributed by atoms with Crippen molar-refractivity contribution in [1.29, 1.82) is 0 Å². The fourth-order valence-electron chi connectivity index (χ4n) is 4.46. The van der Waals surface area contributed by atoms with Crippen molar-refractivity contribution in [2.75, 3.05) is 0 Å². The SMILES string of the molecule is CC1=CC(=O)C2=C(C)C[C@H](OC(=O)CC(C)C)[C@@H]3[C@H](OC(=O)[C@H]3C)[C@@H]12. The third-order valence-electron chi connectivity index (χ3n) is 5.59. The van der Waals surface area contributed by atoms with E-state index in [1.54, 1.807) is 6.08 Å². The van der Waals surface area contributed by atoms with Gasteiger partial charge in [-0.1, -0.05) is 31.9 Å². The second-order valence-electron chi connectivity index (χ2n) is 8.02. The quantitative estimate of drug-likeness (QED) is 0.735. The molecule has 1 heterocycles. The molecule has 0 amide bonds. The van der Waals surface area contributed by atoms with Gasteiger partial charge in [0.2, 0.25) is 0 Å². The molecule has 0 unspecified atom stereocenters. The summed E-state index contributed by atoms with van der Waals surface area (Å²) in [5, 5.41) is 0. The van der Waals surface area contributed by atoms with Crippen LogP contribution in [-0.2, 0) is 23.9 Å². The lowest BCUT2D eigenvalue weighted by molar-refractivity contribution is -0.154.